The minimum atomic E-state index is -2.58. The van der Waals surface area contributed by atoms with Gasteiger partial charge < -0.3 is 31.3 Å². The van der Waals surface area contributed by atoms with E-state index in [9.17, 15) is 39.9 Å². The molecule has 0 saturated heterocycles. The molecule has 0 unspecified atom stereocenters. The summed E-state index contributed by atoms with van der Waals surface area (Å²) in [4.78, 5) is 37.9. The number of amides is 1. The number of allylic oxidation sites excluding steroid dienone is 1. The van der Waals surface area contributed by atoms with Crippen molar-refractivity contribution < 1.29 is 39.9 Å². The number of rotatable bonds is 5. The molecule has 9 heteroatoms. The Labute approximate surface area is 224 Å². The van der Waals surface area contributed by atoms with Crippen molar-refractivity contribution in [3.05, 3.63) is 81.1 Å². The number of phenols is 2. The summed E-state index contributed by atoms with van der Waals surface area (Å²) >= 11 is 0. The molecule has 9 nitrogen and oxygen atoms in total. The SMILES string of the molecule is CCc1cc(C/C=C\c2ccc(O)c3c2C[C@@H]2C[C@@H]4CC(=O)C(C(N)=O)=C(O)[C@]4(O)C(=O)C2=C3O)ccc1O. The van der Waals surface area contributed by atoms with Gasteiger partial charge in [-0.05, 0) is 66.0 Å². The zero-order valence-corrected chi connectivity index (χ0v) is 21.3. The number of aliphatic hydroxyl groups is 3. The standard InChI is InChI=1S/C30H29NO8/c1-2-15-10-14(6-8-20(15)32)4-3-5-16-7-9-21(33)24-19(16)12-17-11-18-13-22(34)25(29(31)38)28(37)30(18,39)27(36)23(17)26(24)35/h3,5-10,17-18,32-33,35,37,39H,2,4,11-13H2,1H3,(H2,31,38)/b5-3-/t17-,18+,30+/m0/s1. The fraction of sp³-hybridized carbons (Fsp3) is 0.300. The number of primary amides is 1. The van der Waals surface area contributed by atoms with E-state index in [4.69, 9.17) is 5.73 Å². The van der Waals surface area contributed by atoms with Gasteiger partial charge in [-0.2, -0.15) is 0 Å². The molecule has 0 aliphatic heterocycles. The molecule has 0 spiro atoms. The number of benzene rings is 2. The number of aliphatic hydroxyl groups excluding tert-OH is 2. The number of carbonyl (C=O) groups excluding carboxylic acids is 3. The lowest BCUT2D eigenvalue weighted by atomic mass is 9.59. The summed E-state index contributed by atoms with van der Waals surface area (Å²) < 4.78 is 0. The number of hydrogen-bond acceptors (Lipinski definition) is 8. The lowest BCUT2D eigenvalue weighted by Gasteiger charge is -2.46. The maximum absolute atomic E-state index is 13.6. The summed E-state index contributed by atoms with van der Waals surface area (Å²) in [6, 6.07) is 8.53. The van der Waals surface area contributed by atoms with Gasteiger partial charge in [0.15, 0.2) is 11.4 Å². The van der Waals surface area contributed by atoms with E-state index >= 15 is 0 Å². The second-order valence-electron chi connectivity index (χ2n) is 10.4. The average molecular weight is 532 g/mol. The van der Waals surface area contributed by atoms with Gasteiger partial charge in [0.2, 0.25) is 5.78 Å². The zero-order chi connectivity index (χ0) is 28.2. The summed E-state index contributed by atoms with van der Waals surface area (Å²) in [6.45, 7) is 1.96. The quantitative estimate of drug-likeness (QED) is 0.319. The Bertz CT molecular complexity index is 1530. The van der Waals surface area contributed by atoms with E-state index in [1.807, 2.05) is 31.2 Å². The fourth-order valence-electron chi connectivity index (χ4n) is 6.17. The number of ketones is 2. The molecule has 3 aliphatic rings. The molecular weight excluding hydrogens is 502 g/mol. The lowest BCUT2D eigenvalue weighted by Crippen LogP contribution is -2.58. The van der Waals surface area contributed by atoms with E-state index in [0.29, 0.717) is 18.4 Å². The van der Waals surface area contributed by atoms with Gasteiger partial charge in [-0.25, -0.2) is 0 Å². The van der Waals surface area contributed by atoms with E-state index in [2.05, 4.69) is 0 Å². The molecule has 2 aromatic rings. The van der Waals surface area contributed by atoms with Crippen molar-refractivity contribution in [1.29, 1.82) is 0 Å². The number of hydrogen-bond donors (Lipinski definition) is 6. The second kappa shape index (κ2) is 9.43. The predicted molar refractivity (Wildman–Crippen MR) is 142 cm³/mol. The molecule has 0 heterocycles. The Morgan fingerprint density at radius 2 is 1.79 bits per heavy atom. The highest BCUT2D eigenvalue weighted by molar-refractivity contribution is 6.22. The molecule has 1 saturated carbocycles. The summed E-state index contributed by atoms with van der Waals surface area (Å²) in [5, 5.41) is 53.8. The van der Waals surface area contributed by atoms with Crippen molar-refractivity contribution >= 4 is 29.3 Å². The summed E-state index contributed by atoms with van der Waals surface area (Å²) in [7, 11) is 0. The van der Waals surface area contributed by atoms with Gasteiger partial charge in [0.25, 0.3) is 5.91 Å². The van der Waals surface area contributed by atoms with Gasteiger partial charge in [-0.1, -0.05) is 37.3 Å². The first-order valence-corrected chi connectivity index (χ1v) is 12.8. The molecule has 3 atom stereocenters. The molecule has 1 amide bonds. The first kappa shape index (κ1) is 26.2. The lowest BCUT2D eigenvalue weighted by molar-refractivity contribution is -0.147. The number of aromatic hydroxyl groups is 2. The Kier molecular flexibility index (Phi) is 6.34. The minimum absolute atomic E-state index is 0.0576. The smallest absolute Gasteiger partial charge is 0.255 e. The van der Waals surface area contributed by atoms with Crippen LogP contribution in [0.4, 0.5) is 0 Å². The average Bonchev–Trinajstić information content (AvgIpc) is 2.88. The van der Waals surface area contributed by atoms with Crippen LogP contribution in [-0.4, -0.2) is 48.6 Å². The number of carbonyl (C=O) groups is 3. The van der Waals surface area contributed by atoms with Gasteiger partial charge in [0.05, 0.1) is 5.56 Å². The number of nitrogens with two attached hydrogens (primary N) is 1. The maximum atomic E-state index is 13.6. The van der Waals surface area contributed by atoms with Gasteiger partial charge >= 0.3 is 0 Å². The molecule has 3 aliphatic carbocycles. The third kappa shape index (κ3) is 4.01. The zero-order valence-electron chi connectivity index (χ0n) is 21.3. The highest BCUT2D eigenvalue weighted by atomic mass is 16.3. The Morgan fingerprint density at radius 3 is 2.49 bits per heavy atom. The number of aryl methyl sites for hydroxylation is 1. The molecule has 2 aromatic carbocycles. The van der Waals surface area contributed by atoms with Gasteiger partial charge in [-0.15, -0.1) is 0 Å². The van der Waals surface area contributed by atoms with Gasteiger partial charge in [-0.3, -0.25) is 14.4 Å². The van der Waals surface area contributed by atoms with Crippen molar-refractivity contribution in [2.75, 3.05) is 0 Å². The highest BCUT2D eigenvalue weighted by Gasteiger charge is 2.60. The van der Waals surface area contributed by atoms with Crippen LogP contribution in [0.5, 0.6) is 11.5 Å². The predicted octanol–water partition coefficient (Wildman–Crippen LogP) is 2.95. The number of phenolic OH excluding ortho intramolecular Hbond substituents is 2. The van der Waals surface area contributed by atoms with Crippen molar-refractivity contribution in [3.63, 3.8) is 0 Å². The van der Waals surface area contributed by atoms with Crippen LogP contribution >= 0.6 is 0 Å². The first-order chi connectivity index (χ1) is 18.5. The number of fused-ring (bicyclic) bond motifs is 3. The van der Waals surface area contributed by atoms with Crippen LogP contribution in [0.15, 0.2) is 53.3 Å². The Balaban J connectivity index is 1.54. The fourth-order valence-corrected chi connectivity index (χ4v) is 6.17. The topological polar surface area (TPSA) is 178 Å². The molecule has 39 heavy (non-hydrogen) atoms. The molecule has 1 fully saturated rings. The molecule has 7 N–H and O–H groups in total. The van der Waals surface area contributed by atoms with Crippen LogP contribution in [0, 0.1) is 11.8 Å². The van der Waals surface area contributed by atoms with Crippen LogP contribution in [-0.2, 0) is 33.6 Å². The van der Waals surface area contributed by atoms with Crippen LogP contribution < -0.4 is 5.73 Å². The third-order valence-corrected chi connectivity index (χ3v) is 8.16. The van der Waals surface area contributed by atoms with E-state index in [-0.39, 0.29) is 41.9 Å². The summed E-state index contributed by atoms with van der Waals surface area (Å²) in [5.41, 5.74) is 4.89. The van der Waals surface area contributed by atoms with Crippen LogP contribution in [0.25, 0.3) is 11.8 Å². The molecule has 0 aromatic heterocycles. The van der Waals surface area contributed by atoms with Crippen molar-refractivity contribution in [2.24, 2.45) is 17.6 Å². The Hall–Kier alpha value is -4.37. The van der Waals surface area contributed by atoms with E-state index in [1.165, 1.54) is 6.07 Å². The van der Waals surface area contributed by atoms with Crippen molar-refractivity contribution in [2.45, 2.75) is 44.6 Å². The maximum Gasteiger partial charge on any atom is 0.255 e. The van der Waals surface area contributed by atoms with E-state index < -0.39 is 52.0 Å². The highest BCUT2D eigenvalue weighted by Crippen LogP contribution is 2.52. The molecular formula is C30H29NO8. The summed E-state index contributed by atoms with van der Waals surface area (Å²) in [6.07, 6.45) is 5.00. The van der Waals surface area contributed by atoms with Crippen molar-refractivity contribution in [3.8, 4) is 11.5 Å². The van der Waals surface area contributed by atoms with E-state index in [0.717, 1.165) is 16.7 Å². The van der Waals surface area contributed by atoms with Crippen molar-refractivity contribution in [1.82, 2.24) is 0 Å². The minimum Gasteiger partial charge on any atom is -0.508 e. The molecule has 0 radical (unpaired) electrons. The molecule has 0 bridgehead atoms. The molecule has 202 valence electrons. The monoisotopic (exact) mass is 531 g/mol. The normalized spacial score (nSPS) is 24.6. The largest absolute Gasteiger partial charge is 0.508 e. The summed E-state index contributed by atoms with van der Waals surface area (Å²) in [5.74, 6) is -6.24. The third-order valence-electron chi connectivity index (χ3n) is 8.16. The van der Waals surface area contributed by atoms with Gasteiger partial charge in [0.1, 0.15) is 28.6 Å². The van der Waals surface area contributed by atoms with Crippen LogP contribution in [0.3, 0.4) is 0 Å². The molecule has 5 rings (SSSR count). The van der Waals surface area contributed by atoms with Crippen LogP contribution in [0.1, 0.15) is 47.6 Å². The number of Topliss-reactive ketones (excluding diaryl/α,β-unsaturated/α-hetero) is 2. The van der Waals surface area contributed by atoms with E-state index in [1.54, 1.807) is 12.1 Å². The van der Waals surface area contributed by atoms with Gasteiger partial charge in [0, 0.05) is 17.9 Å². The van der Waals surface area contributed by atoms with Crippen LogP contribution in [0.2, 0.25) is 0 Å². The second-order valence-corrected chi connectivity index (χ2v) is 10.4. The Morgan fingerprint density at radius 1 is 1.08 bits per heavy atom. The first-order valence-electron chi connectivity index (χ1n) is 12.8.